The highest BCUT2D eigenvalue weighted by Gasteiger charge is 2.19. The van der Waals surface area contributed by atoms with Gasteiger partial charge in [-0.3, -0.25) is 10.2 Å². The molecule has 2 heterocycles. The summed E-state index contributed by atoms with van der Waals surface area (Å²) in [5, 5.41) is 22.9. The van der Waals surface area contributed by atoms with Crippen LogP contribution in [0.25, 0.3) is 10.8 Å². The second-order valence-electron chi connectivity index (χ2n) is 7.90. The first-order chi connectivity index (χ1) is 15.8. The minimum atomic E-state index is -0.684. The number of nitrogens with one attached hydrogen (secondary N) is 2. The molecule has 0 saturated carbocycles. The smallest absolute Gasteiger partial charge is 0.258 e. The van der Waals surface area contributed by atoms with Gasteiger partial charge >= 0.3 is 0 Å². The number of hydrogen-bond acceptors (Lipinski definition) is 7. The number of nitrogens with zero attached hydrogens (tertiary/aromatic N) is 3. The van der Waals surface area contributed by atoms with Crippen LogP contribution in [0.5, 0.6) is 5.75 Å². The van der Waals surface area contributed by atoms with Gasteiger partial charge in [-0.1, -0.05) is 18.2 Å². The van der Waals surface area contributed by atoms with E-state index in [2.05, 4.69) is 15.3 Å². The molecular weight excluding hydrogens is 423 g/mol. The zero-order chi connectivity index (χ0) is 23.7. The molecule has 0 saturated heterocycles. The van der Waals surface area contributed by atoms with Gasteiger partial charge in [-0.15, -0.1) is 0 Å². The van der Waals surface area contributed by atoms with Crippen LogP contribution in [0, 0.1) is 11.2 Å². The fourth-order valence-electron chi connectivity index (χ4n) is 3.85. The van der Waals surface area contributed by atoms with Crippen molar-refractivity contribution < 1.29 is 9.50 Å². The summed E-state index contributed by atoms with van der Waals surface area (Å²) in [5.41, 5.74) is 6.82. The molecule has 9 heteroatoms. The van der Waals surface area contributed by atoms with E-state index in [9.17, 15) is 14.3 Å². The third-order valence-corrected chi connectivity index (χ3v) is 5.29. The molecule has 0 aliphatic rings. The average Bonchev–Trinajstić information content (AvgIpc) is 2.76. The van der Waals surface area contributed by atoms with Crippen LogP contribution >= 0.6 is 0 Å². The number of aromatic nitrogens is 3. The van der Waals surface area contributed by atoms with Crippen molar-refractivity contribution in [2.24, 2.45) is 0 Å². The van der Waals surface area contributed by atoms with Crippen molar-refractivity contribution in [3.63, 3.8) is 0 Å². The number of anilines is 2. The standard InChI is InChI=1S/C24H23FN6O2/c1-13(2)31-17(8-14-5-3-4-6-19(14)24(31)33)11-28-23-20(22(27)29-12-30-23)21(26)15-7-16(25)10-18(32)9-15/h3-10,12-13,26,32H,11H2,1-2H3,(H3,27,28,29,30). The Kier molecular flexibility index (Phi) is 5.78. The van der Waals surface area contributed by atoms with Crippen LogP contribution in [0.4, 0.5) is 16.0 Å². The molecule has 0 atom stereocenters. The van der Waals surface area contributed by atoms with E-state index in [1.807, 2.05) is 38.1 Å². The fourth-order valence-corrected chi connectivity index (χ4v) is 3.85. The Labute approximate surface area is 189 Å². The molecule has 0 amide bonds. The molecule has 2 aromatic heterocycles. The van der Waals surface area contributed by atoms with E-state index in [1.165, 1.54) is 12.4 Å². The van der Waals surface area contributed by atoms with Crippen LogP contribution < -0.4 is 16.6 Å². The van der Waals surface area contributed by atoms with Crippen LogP contribution in [0.1, 0.15) is 36.7 Å². The molecule has 33 heavy (non-hydrogen) atoms. The van der Waals surface area contributed by atoms with Gasteiger partial charge in [0.15, 0.2) is 0 Å². The van der Waals surface area contributed by atoms with Crippen molar-refractivity contribution in [2.75, 3.05) is 11.1 Å². The lowest BCUT2D eigenvalue weighted by Gasteiger charge is -2.19. The molecule has 0 aliphatic carbocycles. The van der Waals surface area contributed by atoms with Crippen molar-refractivity contribution in [1.82, 2.24) is 14.5 Å². The van der Waals surface area contributed by atoms with Gasteiger partial charge < -0.3 is 20.7 Å². The number of benzene rings is 2. The number of nitrogens with two attached hydrogens (primary N) is 1. The van der Waals surface area contributed by atoms with Gasteiger partial charge in [0.05, 0.1) is 17.8 Å². The molecule has 4 aromatic rings. The van der Waals surface area contributed by atoms with Crippen LogP contribution in [-0.2, 0) is 6.54 Å². The molecule has 2 aromatic carbocycles. The van der Waals surface area contributed by atoms with E-state index in [0.717, 1.165) is 23.2 Å². The van der Waals surface area contributed by atoms with E-state index in [4.69, 9.17) is 11.1 Å². The summed E-state index contributed by atoms with van der Waals surface area (Å²) in [5.74, 6) is -0.707. The summed E-state index contributed by atoms with van der Waals surface area (Å²) in [4.78, 5) is 21.3. The highest BCUT2D eigenvalue weighted by atomic mass is 19.1. The van der Waals surface area contributed by atoms with Crippen molar-refractivity contribution in [3.8, 4) is 5.75 Å². The third-order valence-electron chi connectivity index (χ3n) is 5.29. The fraction of sp³-hybridized carbons (Fsp3) is 0.167. The monoisotopic (exact) mass is 446 g/mol. The Morgan fingerprint density at radius 2 is 1.97 bits per heavy atom. The normalized spacial score (nSPS) is 11.2. The number of phenolic OH excluding ortho intramolecular Hbond substituents is 1. The molecule has 168 valence electrons. The highest BCUT2D eigenvalue weighted by molar-refractivity contribution is 6.16. The highest BCUT2D eigenvalue weighted by Crippen LogP contribution is 2.25. The summed E-state index contributed by atoms with van der Waals surface area (Å²) in [6.07, 6.45) is 1.26. The summed E-state index contributed by atoms with van der Waals surface area (Å²) in [6, 6.07) is 12.6. The first-order valence-electron chi connectivity index (χ1n) is 10.3. The van der Waals surface area contributed by atoms with Gasteiger partial charge in [-0.05, 0) is 43.5 Å². The van der Waals surface area contributed by atoms with Gasteiger partial charge in [0.1, 0.15) is 29.5 Å². The molecule has 0 fully saturated rings. The molecule has 8 nitrogen and oxygen atoms in total. The molecule has 0 bridgehead atoms. The van der Waals surface area contributed by atoms with Gasteiger partial charge in [0.2, 0.25) is 0 Å². The Morgan fingerprint density at radius 1 is 1.21 bits per heavy atom. The lowest BCUT2D eigenvalue weighted by Crippen LogP contribution is -2.27. The van der Waals surface area contributed by atoms with Crippen LogP contribution in [0.2, 0.25) is 0 Å². The zero-order valence-electron chi connectivity index (χ0n) is 18.1. The second kappa shape index (κ2) is 8.70. The first kappa shape index (κ1) is 21.9. The molecule has 0 unspecified atom stereocenters. The number of nitrogen functional groups attached to an aromatic ring is 1. The van der Waals surface area contributed by atoms with Gasteiger partial charge in [0.25, 0.3) is 5.56 Å². The average molecular weight is 446 g/mol. The van der Waals surface area contributed by atoms with E-state index >= 15 is 0 Å². The quantitative estimate of drug-likeness (QED) is 0.333. The number of hydrogen-bond donors (Lipinski definition) is 4. The lowest BCUT2D eigenvalue weighted by molar-refractivity contribution is 0.469. The zero-order valence-corrected chi connectivity index (χ0v) is 18.1. The summed E-state index contributed by atoms with van der Waals surface area (Å²) in [7, 11) is 0. The number of fused-ring (bicyclic) bond motifs is 1. The molecular formula is C24H23FN6O2. The minimum Gasteiger partial charge on any atom is -0.508 e. The first-order valence-corrected chi connectivity index (χ1v) is 10.3. The number of aromatic hydroxyl groups is 1. The Morgan fingerprint density at radius 3 is 2.70 bits per heavy atom. The molecule has 5 N–H and O–H groups in total. The maximum atomic E-state index is 13.8. The predicted octanol–water partition coefficient (Wildman–Crippen LogP) is 3.83. The van der Waals surface area contributed by atoms with Crippen LogP contribution in [-0.4, -0.2) is 25.4 Å². The summed E-state index contributed by atoms with van der Waals surface area (Å²) >= 11 is 0. The summed E-state index contributed by atoms with van der Waals surface area (Å²) < 4.78 is 15.5. The van der Waals surface area contributed by atoms with Gasteiger partial charge in [-0.25, -0.2) is 14.4 Å². The molecule has 4 rings (SSSR count). The molecule has 0 spiro atoms. The number of rotatable bonds is 6. The Balaban J connectivity index is 1.74. The maximum Gasteiger partial charge on any atom is 0.258 e. The molecule has 0 radical (unpaired) electrons. The van der Waals surface area contributed by atoms with Crippen molar-refractivity contribution >= 4 is 28.1 Å². The topological polar surface area (TPSA) is 130 Å². The molecule has 0 aliphatic heterocycles. The second-order valence-corrected chi connectivity index (χ2v) is 7.90. The number of phenols is 1. The van der Waals surface area contributed by atoms with Gasteiger partial charge in [0, 0.05) is 28.8 Å². The van der Waals surface area contributed by atoms with Crippen molar-refractivity contribution in [2.45, 2.75) is 26.4 Å². The third kappa shape index (κ3) is 4.25. The Bertz CT molecular complexity index is 1410. The lowest BCUT2D eigenvalue weighted by atomic mass is 10.0. The van der Waals surface area contributed by atoms with E-state index < -0.39 is 5.82 Å². The summed E-state index contributed by atoms with van der Waals surface area (Å²) in [6.45, 7) is 4.09. The minimum absolute atomic E-state index is 0.0287. The van der Waals surface area contributed by atoms with E-state index in [0.29, 0.717) is 5.39 Å². The van der Waals surface area contributed by atoms with Crippen molar-refractivity contribution in [3.05, 3.63) is 87.9 Å². The number of pyridine rings is 1. The largest absolute Gasteiger partial charge is 0.508 e. The SMILES string of the molecule is CC(C)n1c(CNc2ncnc(N)c2C(=N)c2cc(O)cc(F)c2)cc2ccccc2c1=O. The van der Waals surface area contributed by atoms with Crippen molar-refractivity contribution in [1.29, 1.82) is 5.41 Å². The van der Waals surface area contributed by atoms with E-state index in [-0.39, 0.29) is 52.4 Å². The Hall–Kier alpha value is -4.27. The van der Waals surface area contributed by atoms with Crippen LogP contribution in [0.3, 0.4) is 0 Å². The van der Waals surface area contributed by atoms with Crippen LogP contribution in [0.15, 0.2) is 59.7 Å². The number of halogens is 1. The maximum absolute atomic E-state index is 13.8. The van der Waals surface area contributed by atoms with Gasteiger partial charge in [-0.2, -0.15) is 0 Å². The predicted molar refractivity (Wildman–Crippen MR) is 126 cm³/mol. The van der Waals surface area contributed by atoms with E-state index in [1.54, 1.807) is 10.6 Å².